The Morgan fingerprint density at radius 2 is 2.00 bits per heavy atom. The van der Waals surface area contributed by atoms with Crippen molar-refractivity contribution < 1.29 is 0 Å². The molecule has 0 atom stereocenters. The molecule has 0 aliphatic heterocycles. The molecule has 0 aliphatic rings. The SMILES string of the molecule is CCNc1ncnc(Nc2cn(C)nc2CC)c1Br. The summed E-state index contributed by atoms with van der Waals surface area (Å²) in [7, 11) is 1.91. The van der Waals surface area contributed by atoms with E-state index in [-0.39, 0.29) is 0 Å². The van der Waals surface area contributed by atoms with Crippen LogP contribution in [0, 0.1) is 0 Å². The molecule has 2 aromatic rings. The van der Waals surface area contributed by atoms with E-state index in [4.69, 9.17) is 0 Å². The van der Waals surface area contributed by atoms with Crippen molar-refractivity contribution in [2.45, 2.75) is 20.3 Å². The van der Waals surface area contributed by atoms with Gasteiger partial charge in [0.2, 0.25) is 0 Å². The van der Waals surface area contributed by atoms with Crippen LogP contribution in [0.3, 0.4) is 0 Å². The number of hydrogen-bond donors (Lipinski definition) is 2. The molecule has 0 amide bonds. The standard InChI is InChI=1S/C12H17BrN6/c1-4-8-9(6-19(3)18-8)17-12-10(13)11(14-5-2)15-7-16-12/h6-7H,4-5H2,1-3H3,(H2,14,15,16,17). The Morgan fingerprint density at radius 1 is 1.26 bits per heavy atom. The van der Waals surface area contributed by atoms with Gasteiger partial charge in [-0.05, 0) is 29.3 Å². The molecule has 2 rings (SSSR count). The summed E-state index contributed by atoms with van der Waals surface area (Å²) < 4.78 is 2.62. The monoisotopic (exact) mass is 324 g/mol. The first kappa shape index (κ1) is 13.8. The van der Waals surface area contributed by atoms with Gasteiger partial charge < -0.3 is 10.6 Å². The number of aromatic nitrogens is 4. The van der Waals surface area contributed by atoms with E-state index in [1.165, 1.54) is 6.33 Å². The van der Waals surface area contributed by atoms with Gasteiger partial charge in [0.05, 0.1) is 11.4 Å². The number of hydrogen-bond acceptors (Lipinski definition) is 5. The molecule has 0 unspecified atom stereocenters. The van der Waals surface area contributed by atoms with E-state index >= 15 is 0 Å². The Morgan fingerprint density at radius 3 is 2.68 bits per heavy atom. The number of rotatable bonds is 5. The lowest BCUT2D eigenvalue weighted by Gasteiger charge is -2.10. The first-order chi connectivity index (χ1) is 9.15. The number of anilines is 3. The average molecular weight is 325 g/mol. The normalized spacial score (nSPS) is 10.5. The molecule has 2 heterocycles. The summed E-state index contributed by atoms with van der Waals surface area (Å²) in [5.74, 6) is 1.51. The molecule has 0 aromatic carbocycles. The molecule has 2 N–H and O–H groups in total. The Bertz CT molecular complexity index is 565. The van der Waals surface area contributed by atoms with Crippen LogP contribution in [0.4, 0.5) is 17.3 Å². The first-order valence-corrected chi connectivity index (χ1v) is 6.98. The van der Waals surface area contributed by atoms with Gasteiger partial charge in [0.25, 0.3) is 0 Å². The van der Waals surface area contributed by atoms with E-state index in [0.29, 0.717) is 0 Å². The van der Waals surface area contributed by atoms with E-state index in [0.717, 1.165) is 40.5 Å². The number of aryl methyl sites for hydroxylation is 2. The van der Waals surface area contributed by atoms with Crippen LogP contribution in [0.2, 0.25) is 0 Å². The fourth-order valence-corrected chi connectivity index (χ4v) is 2.22. The van der Waals surface area contributed by atoms with E-state index in [1.807, 2.05) is 20.2 Å². The lowest BCUT2D eigenvalue weighted by atomic mass is 10.3. The molecule has 0 saturated heterocycles. The van der Waals surface area contributed by atoms with Gasteiger partial charge in [-0.3, -0.25) is 4.68 Å². The third-order valence-corrected chi connectivity index (χ3v) is 3.38. The highest BCUT2D eigenvalue weighted by Crippen LogP contribution is 2.29. The van der Waals surface area contributed by atoms with Crippen molar-refractivity contribution in [1.29, 1.82) is 0 Å². The van der Waals surface area contributed by atoms with Crippen LogP contribution in [-0.4, -0.2) is 26.3 Å². The van der Waals surface area contributed by atoms with Gasteiger partial charge in [-0.2, -0.15) is 5.10 Å². The van der Waals surface area contributed by atoms with E-state index in [9.17, 15) is 0 Å². The van der Waals surface area contributed by atoms with Crippen molar-refractivity contribution in [3.8, 4) is 0 Å². The highest BCUT2D eigenvalue weighted by atomic mass is 79.9. The minimum Gasteiger partial charge on any atom is -0.369 e. The molecule has 0 aliphatic carbocycles. The number of nitrogens with zero attached hydrogens (tertiary/aromatic N) is 4. The summed E-state index contributed by atoms with van der Waals surface area (Å²) in [5.41, 5.74) is 1.98. The maximum Gasteiger partial charge on any atom is 0.150 e. The number of halogens is 1. The van der Waals surface area contributed by atoms with Crippen molar-refractivity contribution in [2.75, 3.05) is 17.2 Å². The zero-order valence-corrected chi connectivity index (χ0v) is 12.8. The van der Waals surface area contributed by atoms with Crippen molar-refractivity contribution >= 4 is 33.3 Å². The topological polar surface area (TPSA) is 67.7 Å². The molecule has 0 radical (unpaired) electrons. The van der Waals surface area contributed by atoms with E-state index in [1.54, 1.807) is 4.68 Å². The largest absolute Gasteiger partial charge is 0.369 e. The van der Waals surface area contributed by atoms with E-state index in [2.05, 4.69) is 48.6 Å². The number of nitrogens with one attached hydrogen (secondary N) is 2. The molecular weight excluding hydrogens is 308 g/mol. The molecule has 0 bridgehead atoms. The quantitative estimate of drug-likeness (QED) is 0.885. The van der Waals surface area contributed by atoms with Crippen LogP contribution < -0.4 is 10.6 Å². The molecular formula is C12H17BrN6. The van der Waals surface area contributed by atoms with Crippen LogP contribution in [0.25, 0.3) is 0 Å². The van der Waals surface area contributed by atoms with Crippen LogP contribution >= 0.6 is 15.9 Å². The maximum atomic E-state index is 4.39. The van der Waals surface area contributed by atoms with Crippen LogP contribution in [0.1, 0.15) is 19.5 Å². The van der Waals surface area contributed by atoms with E-state index < -0.39 is 0 Å². The minimum absolute atomic E-state index is 0.730. The fraction of sp³-hybridized carbons (Fsp3) is 0.417. The maximum absolute atomic E-state index is 4.39. The Hall–Kier alpha value is -1.63. The highest BCUT2D eigenvalue weighted by molar-refractivity contribution is 9.10. The third kappa shape index (κ3) is 3.04. The molecule has 0 fully saturated rings. The molecule has 19 heavy (non-hydrogen) atoms. The molecule has 7 heteroatoms. The van der Waals surface area contributed by atoms with Crippen LogP contribution in [0.5, 0.6) is 0 Å². The molecule has 102 valence electrons. The molecule has 2 aromatic heterocycles. The average Bonchev–Trinajstić information content (AvgIpc) is 2.75. The second kappa shape index (κ2) is 6.01. The van der Waals surface area contributed by atoms with Crippen molar-refractivity contribution in [3.05, 3.63) is 22.7 Å². The third-order valence-electron chi connectivity index (χ3n) is 2.63. The van der Waals surface area contributed by atoms with Gasteiger partial charge in [-0.25, -0.2) is 9.97 Å². The summed E-state index contributed by atoms with van der Waals surface area (Å²) in [6.07, 6.45) is 4.35. The fourth-order valence-electron chi connectivity index (χ4n) is 1.78. The van der Waals surface area contributed by atoms with Crippen LogP contribution in [0.15, 0.2) is 17.0 Å². The van der Waals surface area contributed by atoms with Gasteiger partial charge in [0, 0.05) is 19.8 Å². The van der Waals surface area contributed by atoms with Crippen molar-refractivity contribution in [3.63, 3.8) is 0 Å². The summed E-state index contributed by atoms with van der Waals surface area (Å²) in [6.45, 7) is 4.91. The Kier molecular flexibility index (Phi) is 4.36. The van der Waals surface area contributed by atoms with Gasteiger partial charge in [0.1, 0.15) is 22.4 Å². The zero-order valence-electron chi connectivity index (χ0n) is 11.2. The summed E-state index contributed by atoms with van der Waals surface area (Å²) in [4.78, 5) is 8.44. The van der Waals surface area contributed by atoms with Crippen molar-refractivity contribution in [2.24, 2.45) is 7.05 Å². The summed E-state index contributed by atoms with van der Waals surface area (Å²) in [5, 5.41) is 10.9. The highest BCUT2D eigenvalue weighted by Gasteiger charge is 2.11. The van der Waals surface area contributed by atoms with Gasteiger partial charge in [-0.1, -0.05) is 6.92 Å². The predicted octanol–water partition coefficient (Wildman–Crippen LogP) is 2.71. The van der Waals surface area contributed by atoms with Crippen LogP contribution in [-0.2, 0) is 13.5 Å². The Balaban J connectivity index is 2.30. The van der Waals surface area contributed by atoms with Gasteiger partial charge in [0.15, 0.2) is 0 Å². The zero-order chi connectivity index (χ0) is 13.8. The van der Waals surface area contributed by atoms with Gasteiger partial charge in [-0.15, -0.1) is 0 Å². The Labute approximate surface area is 120 Å². The van der Waals surface area contributed by atoms with Gasteiger partial charge >= 0.3 is 0 Å². The lowest BCUT2D eigenvalue weighted by Crippen LogP contribution is -2.04. The summed E-state index contributed by atoms with van der Waals surface area (Å²) in [6, 6.07) is 0. The smallest absolute Gasteiger partial charge is 0.150 e. The van der Waals surface area contributed by atoms with Crippen molar-refractivity contribution in [1.82, 2.24) is 19.7 Å². The lowest BCUT2D eigenvalue weighted by molar-refractivity contribution is 0.746. The second-order valence-electron chi connectivity index (χ2n) is 4.06. The molecule has 6 nitrogen and oxygen atoms in total. The molecule has 0 spiro atoms. The predicted molar refractivity (Wildman–Crippen MR) is 79.8 cm³/mol. The molecule has 0 saturated carbocycles. The summed E-state index contributed by atoms with van der Waals surface area (Å²) >= 11 is 3.52. The minimum atomic E-state index is 0.730. The second-order valence-corrected chi connectivity index (χ2v) is 4.85. The first-order valence-electron chi connectivity index (χ1n) is 6.19.